The second-order valence-electron chi connectivity index (χ2n) is 9.40. The molecule has 7 nitrogen and oxygen atoms in total. The minimum Gasteiger partial charge on any atom is -0.437 e. The molecule has 0 unspecified atom stereocenters. The Hall–Kier alpha value is -4.65. The number of unbranched alkanes of at least 4 members (excludes halogenated alkanes) is 2. The van der Waals surface area contributed by atoms with Gasteiger partial charge in [-0.05, 0) is 36.1 Å². The van der Waals surface area contributed by atoms with Gasteiger partial charge in [-0.15, -0.1) is 0 Å². The molecule has 3 N–H and O–H groups in total. The zero-order valence-electron chi connectivity index (χ0n) is 22.1. The van der Waals surface area contributed by atoms with Gasteiger partial charge < -0.3 is 20.4 Å². The number of amides is 2. The van der Waals surface area contributed by atoms with E-state index in [0.717, 1.165) is 70.6 Å². The quantitative estimate of drug-likeness (QED) is 0.157. The van der Waals surface area contributed by atoms with Crippen molar-refractivity contribution in [2.24, 2.45) is 0 Å². The normalized spacial score (nSPS) is 10.9. The molecule has 0 radical (unpaired) electrons. The van der Waals surface area contributed by atoms with E-state index in [1.54, 1.807) is 0 Å². The number of nitrogens with zero attached hydrogens (tertiary/aromatic N) is 2. The van der Waals surface area contributed by atoms with Gasteiger partial charge in [0.2, 0.25) is 5.71 Å². The first-order valence-electron chi connectivity index (χ1n) is 13.5. The van der Waals surface area contributed by atoms with Crippen molar-refractivity contribution >= 4 is 28.6 Å². The summed E-state index contributed by atoms with van der Waals surface area (Å²) in [6.07, 6.45) is 5.57. The van der Waals surface area contributed by atoms with Crippen molar-refractivity contribution in [2.75, 3.05) is 23.7 Å². The highest BCUT2D eigenvalue weighted by atomic mass is 16.3. The van der Waals surface area contributed by atoms with Gasteiger partial charge >= 0.3 is 6.03 Å². The molecule has 2 amide bonds. The average Bonchev–Trinajstić information content (AvgIpc) is 3.38. The molecule has 0 atom stereocenters. The molecular formula is C32H33N5O2. The van der Waals surface area contributed by atoms with Crippen molar-refractivity contribution in [3.63, 3.8) is 0 Å². The standard InChI is InChI=1S/C32H33N5O2/c1-2-3-10-20-34-32(38)37-26-17-15-23(16-18-26)19-21-33-30-28-27(24-11-6-4-7-12-24)29(25-13-8-5-9-14-25)39-31(28)36-22-35-30/h4-9,11-18,22H,2-3,10,19-21H2,1H3,(H,33,35,36)(H2,34,37,38). The fourth-order valence-corrected chi connectivity index (χ4v) is 4.57. The molecule has 0 saturated carbocycles. The summed E-state index contributed by atoms with van der Waals surface area (Å²) < 4.78 is 6.30. The van der Waals surface area contributed by atoms with Crippen LogP contribution in [0.25, 0.3) is 33.6 Å². The van der Waals surface area contributed by atoms with Crippen molar-refractivity contribution in [3.05, 3.63) is 96.8 Å². The number of benzene rings is 3. The second-order valence-corrected chi connectivity index (χ2v) is 9.40. The number of carbonyl (C=O) groups excluding carboxylic acids is 1. The molecule has 5 rings (SSSR count). The lowest BCUT2D eigenvalue weighted by atomic mass is 9.99. The van der Waals surface area contributed by atoms with Gasteiger partial charge in [-0.25, -0.2) is 14.8 Å². The number of nitrogens with one attached hydrogen (secondary N) is 3. The zero-order chi connectivity index (χ0) is 26.9. The summed E-state index contributed by atoms with van der Waals surface area (Å²) in [5, 5.41) is 10.2. The van der Waals surface area contributed by atoms with E-state index in [1.807, 2.05) is 72.8 Å². The van der Waals surface area contributed by atoms with E-state index in [2.05, 4.69) is 45.0 Å². The summed E-state index contributed by atoms with van der Waals surface area (Å²) >= 11 is 0. The van der Waals surface area contributed by atoms with E-state index in [-0.39, 0.29) is 6.03 Å². The van der Waals surface area contributed by atoms with Crippen molar-refractivity contribution in [1.82, 2.24) is 15.3 Å². The van der Waals surface area contributed by atoms with Gasteiger partial charge in [0.15, 0.2) is 0 Å². The van der Waals surface area contributed by atoms with Crippen LogP contribution in [0.5, 0.6) is 0 Å². The third kappa shape index (κ3) is 6.44. The monoisotopic (exact) mass is 519 g/mol. The van der Waals surface area contributed by atoms with Crippen LogP contribution in [0.1, 0.15) is 31.7 Å². The van der Waals surface area contributed by atoms with Crippen molar-refractivity contribution in [1.29, 1.82) is 0 Å². The molecule has 5 aromatic rings. The first-order valence-corrected chi connectivity index (χ1v) is 13.5. The highest BCUT2D eigenvalue weighted by molar-refractivity contribution is 6.05. The van der Waals surface area contributed by atoms with Crippen LogP contribution in [-0.4, -0.2) is 29.1 Å². The Labute approximate surface area is 228 Å². The van der Waals surface area contributed by atoms with E-state index in [1.165, 1.54) is 6.33 Å². The van der Waals surface area contributed by atoms with Crippen LogP contribution in [-0.2, 0) is 6.42 Å². The van der Waals surface area contributed by atoms with E-state index in [0.29, 0.717) is 18.8 Å². The van der Waals surface area contributed by atoms with Gasteiger partial charge in [0.1, 0.15) is 17.9 Å². The van der Waals surface area contributed by atoms with Crippen molar-refractivity contribution in [2.45, 2.75) is 32.6 Å². The molecule has 2 heterocycles. The molecule has 2 aromatic heterocycles. The maximum Gasteiger partial charge on any atom is 0.319 e. The minimum absolute atomic E-state index is 0.169. The Morgan fingerprint density at radius 3 is 2.26 bits per heavy atom. The molecule has 0 bridgehead atoms. The predicted octanol–water partition coefficient (Wildman–Crippen LogP) is 7.52. The van der Waals surface area contributed by atoms with Crippen molar-refractivity contribution < 1.29 is 9.21 Å². The maximum absolute atomic E-state index is 12.1. The van der Waals surface area contributed by atoms with E-state index in [4.69, 9.17) is 4.42 Å². The highest BCUT2D eigenvalue weighted by Crippen LogP contribution is 2.42. The summed E-state index contributed by atoms with van der Waals surface area (Å²) in [4.78, 5) is 21.1. The van der Waals surface area contributed by atoms with Crippen molar-refractivity contribution in [3.8, 4) is 22.5 Å². The summed E-state index contributed by atoms with van der Waals surface area (Å²) in [7, 11) is 0. The van der Waals surface area contributed by atoms with Gasteiger partial charge in [-0.1, -0.05) is 92.6 Å². The Bertz CT molecular complexity index is 1500. The molecule has 0 saturated heterocycles. The fraction of sp³-hybridized carbons (Fsp3) is 0.219. The fourth-order valence-electron chi connectivity index (χ4n) is 4.57. The van der Waals surface area contributed by atoms with Gasteiger partial charge in [0, 0.05) is 29.9 Å². The zero-order valence-corrected chi connectivity index (χ0v) is 22.1. The van der Waals surface area contributed by atoms with Gasteiger partial charge in [-0.2, -0.15) is 0 Å². The minimum atomic E-state index is -0.169. The number of furan rings is 1. The summed E-state index contributed by atoms with van der Waals surface area (Å²) in [6.45, 7) is 3.51. The van der Waals surface area contributed by atoms with Crippen LogP contribution in [0, 0.1) is 0 Å². The number of aromatic nitrogens is 2. The largest absolute Gasteiger partial charge is 0.437 e. The molecule has 0 spiro atoms. The lowest BCUT2D eigenvalue weighted by Crippen LogP contribution is -2.29. The first-order chi connectivity index (χ1) is 19.2. The van der Waals surface area contributed by atoms with Crippen LogP contribution >= 0.6 is 0 Å². The van der Waals surface area contributed by atoms with Crippen LogP contribution in [0.3, 0.4) is 0 Å². The third-order valence-electron chi connectivity index (χ3n) is 6.57. The predicted molar refractivity (Wildman–Crippen MR) is 158 cm³/mol. The van der Waals surface area contributed by atoms with Crippen LogP contribution in [0.15, 0.2) is 95.7 Å². The topological polar surface area (TPSA) is 92.1 Å². The third-order valence-corrected chi connectivity index (χ3v) is 6.57. The average molecular weight is 520 g/mol. The summed E-state index contributed by atoms with van der Waals surface area (Å²) in [5.41, 5.74) is 5.49. The molecule has 198 valence electrons. The Balaban J connectivity index is 1.30. The lowest BCUT2D eigenvalue weighted by Gasteiger charge is -2.10. The number of fused-ring (bicyclic) bond motifs is 1. The first kappa shape index (κ1) is 26.0. The lowest BCUT2D eigenvalue weighted by molar-refractivity contribution is 0.252. The number of rotatable bonds is 11. The number of hydrogen-bond donors (Lipinski definition) is 3. The molecule has 7 heteroatoms. The molecule has 0 fully saturated rings. The van der Waals surface area contributed by atoms with Gasteiger partial charge in [0.05, 0.1) is 5.39 Å². The molecule has 39 heavy (non-hydrogen) atoms. The maximum atomic E-state index is 12.1. The molecule has 3 aromatic carbocycles. The smallest absolute Gasteiger partial charge is 0.319 e. The van der Waals surface area contributed by atoms with E-state index < -0.39 is 0 Å². The van der Waals surface area contributed by atoms with Crippen LogP contribution in [0.2, 0.25) is 0 Å². The summed E-state index contributed by atoms with van der Waals surface area (Å²) in [6, 6.07) is 28.0. The Kier molecular flexibility index (Phi) is 8.48. The van der Waals surface area contributed by atoms with Gasteiger partial charge in [-0.3, -0.25) is 0 Å². The summed E-state index contributed by atoms with van der Waals surface area (Å²) in [5.74, 6) is 1.51. The molecule has 0 aliphatic rings. The molecule has 0 aliphatic heterocycles. The van der Waals surface area contributed by atoms with Crippen LogP contribution in [0.4, 0.5) is 16.3 Å². The number of urea groups is 1. The molecular weight excluding hydrogens is 486 g/mol. The highest BCUT2D eigenvalue weighted by Gasteiger charge is 2.21. The van der Waals surface area contributed by atoms with E-state index >= 15 is 0 Å². The Morgan fingerprint density at radius 1 is 0.821 bits per heavy atom. The number of carbonyl (C=O) groups is 1. The second kappa shape index (κ2) is 12.7. The molecule has 0 aliphatic carbocycles. The Morgan fingerprint density at radius 2 is 1.54 bits per heavy atom. The number of hydrogen-bond acceptors (Lipinski definition) is 5. The van der Waals surface area contributed by atoms with E-state index in [9.17, 15) is 4.79 Å². The SMILES string of the molecule is CCCCCNC(=O)Nc1ccc(CCNc2ncnc3oc(-c4ccccc4)c(-c4ccccc4)c23)cc1. The van der Waals surface area contributed by atoms with Crippen LogP contribution < -0.4 is 16.0 Å². The number of anilines is 2. The van der Waals surface area contributed by atoms with Gasteiger partial charge in [0.25, 0.3) is 0 Å².